The van der Waals surface area contributed by atoms with E-state index in [9.17, 15) is 14.9 Å². The number of carbonyl (C=O) groups is 2. The van der Waals surface area contributed by atoms with Crippen molar-refractivity contribution in [3.05, 3.63) is 34.2 Å². The minimum atomic E-state index is -1.02. The molecule has 0 aliphatic rings. The van der Waals surface area contributed by atoms with E-state index in [1.807, 2.05) is 38.1 Å². The van der Waals surface area contributed by atoms with Crippen LogP contribution in [0.15, 0.2) is 24.3 Å². The van der Waals surface area contributed by atoms with E-state index in [4.69, 9.17) is 16.3 Å². The molecule has 0 radical (unpaired) electrons. The van der Waals surface area contributed by atoms with Gasteiger partial charge in [0.1, 0.15) is 10.4 Å². The fraction of sp³-hybridized carbons (Fsp3) is 0.353. The van der Waals surface area contributed by atoms with Crippen LogP contribution in [0.3, 0.4) is 0 Å². The molecule has 126 valence electrons. The summed E-state index contributed by atoms with van der Waals surface area (Å²) in [5.74, 6) is -1.27. The van der Waals surface area contributed by atoms with Crippen molar-refractivity contribution >= 4 is 44.9 Å². The van der Waals surface area contributed by atoms with Crippen molar-refractivity contribution in [1.82, 2.24) is 5.32 Å². The minimum absolute atomic E-state index is 0.0841. The van der Waals surface area contributed by atoms with Gasteiger partial charge in [-0.15, -0.1) is 11.3 Å². The largest absolute Gasteiger partial charge is 0.451 e. The molecule has 24 heavy (non-hydrogen) atoms. The summed E-state index contributed by atoms with van der Waals surface area (Å²) in [5, 5.41) is 12.9. The van der Waals surface area contributed by atoms with E-state index in [1.54, 1.807) is 6.92 Å². The van der Waals surface area contributed by atoms with Crippen molar-refractivity contribution in [3.8, 4) is 6.07 Å². The Morgan fingerprint density at radius 1 is 1.42 bits per heavy atom. The van der Waals surface area contributed by atoms with Gasteiger partial charge in [-0.25, -0.2) is 4.79 Å². The van der Waals surface area contributed by atoms with Gasteiger partial charge >= 0.3 is 5.97 Å². The second kappa shape index (κ2) is 7.20. The average molecular weight is 365 g/mol. The molecule has 5 nitrogen and oxygen atoms in total. The van der Waals surface area contributed by atoms with Crippen LogP contribution < -0.4 is 5.32 Å². The first-order valence-corrected chi connectivity index (χ1v) is 8.54. The fourth-order valence-corrected chi connectivity index (χ4v) is 3.37. The number of amides is 1. The Morgan fingerprint density at radius 2 is 2.08 bits per heavy atom. The van der Waals surface area contributed by atoms with Crippen LogP contribution in [0.1, 0.15) is 30.4 Å². The van der Waals surface area contributed by atoms with Crippen LogP contribution in [0.4, 0.5) is 0 Å². The van der Waals surface area contributed by atoms with E-state index in [1.165, 1.54) is 11.3 Å². The number of nitrogens with one attached hydrogen (secondary N) is 1. The predicted molar refractivity (Wildman–Crippen MR) is 94.1 cm³/mol. The van der Waals surface area contributed by atoms with Crippen LogP contribution in [-0.2, 0) is 9.53 Å². The highest BCUT2D eigenvalue weighted by Crippen LogP contribution is 2.35. The third kappa shape index (κ3) is 3.69. The number of benzene rings is 1. The second-order valence-electron chi connectivity index (χ2n) is 5.83. The van der Waals surface area contributed by atoms with Crippen molar-refractivity contribution < 1.29 is 14.3 Å². The minimum Gasteiger partial charge on any atom is -0.451 e. The van der Waals surface area contributed by atoms with Gasteiger partial charge in [0.15, 0.2) is 6.61 Å². The van der Waals surface area contributed by atoms with Gasteiger partial charge < -0.3 is 10.1 Å². The van der Waals surface area contributed by atoms with Crippen LogP contribution in [0.5, 0.6) is 0 Å². The molecule has 7 heteroatoms. The summed E-state index contributed by atoms with van der Waals surface area (Å²) < 4.78 is 5.91. The van der Waals surface area contributed by atoms with E-state index in [-0.39, 0.29) is 10.8 Å². The average Bonchev–Trinajstić information content (AvgIpc) is 2.89. The quantitative estimate of drug-likeness (QED) is 0.819. The molecule has 1 aromatic carbocycles. The zero-order chi connectivity index (χ0) is 17.9. The number of thiophene rings is 1. The Labute approximate surface area is 149 Å². The number of hydrogen-bond acceptors (Lipinski definition) is 5. The number of esters is 1. The molecular weight excluding hydrogens is 348 g/mol. The smallest absolute Gasteiger partial charge is 0.350 e. The van der Waals surface area contributed by atoms with Gasteiger partial charge in [0.05, 0.1) is 11.1 Å². The molecule has 0 bridgehead atoms. The van der Waals surface area contributed by atoms with E-state index in [0.717, 1.165) is 10.1 Å². The molecule has 0 spiro atoms. The van der Waals surface area contributed by atoms with Crippen molar-refractivity contribution in [1.29, 1.82) is 5.26 Å². The second-order valence-corrected chi connectivity index (χ2v) is 7.26. The summed E-state index contributed by atoms with van der Waals surface area (Å²) in [6.45, 7) is 4.81. The maximum absolute atomic E-state index is 12.2. The SMILES string of the molecule is CC(C)[C@@](C)(C#N)NC(=O)COC(=O)c1sc2ccccc2c1Cl. The number of hydrogen-bond donors (Lipinski definition) is 1. The number of nitriles is 1. The number of fused-ring (bicyclic) bond motifs is 1. The molecule has 2 rings (SSSR count). The zero-order valence-corrected chi connectivity index (χ0v) is 15.1. The molecule has 1 atom stereocenters. The first-order chi connectivity index (χ1) is 11.3. The number of nitrogens with zero attached hydrogens (tertiary/aromatic N) is 1. The molecule has 1 amide bonds. The zero-order valence-electron chi connectivity index (χ0n) is 13.6. The Balaban J connectivity index is 2.04. The highest BCUT2D eigenvalue weighted by Gasteiger charge is 2.30. The lowest BCUT2D eigenvalue weighted by atomic mass is 9.90. The number of carbonyl (C=O) groups excluding carboxylic acids is 2. The van der Waals surface area contributed by atoms with Crippen molar-refractivity contribution in [2.45, 2.75) is 26.3 Å². The van der Waals surface area contributed by atoms with Crippen LogP contribution in [0.25, 0.3) is 10.1 Å². The van der Waals surface area contributed by atoms with Crippen LogP contribution in [0, 0.1) is 17.2 Å². The van der Waals surface area contributed by atoms with Crippen LogP contribution in [0.2, 0.25) is 5.02 Å². The molecule has 1 N–H and O–H groups in total. The summed E-state index contributed by atoms with van der Waals surface area (Å²) in [7, 11) is 0. The Morgan fingerprint density at radius 3 is 2.67 bits per heavy atom. The molecule has 2 aromatic rings. The topological polar surface area (TPSA) is 79.2 Å². The third-order valence-electron chi connectivity index (χ3n) is 3.84. The highest BCUT2D eigenvalue weighted by molar-refractivity contribution is 7.21. The molecular formula is C17H17ClN2O3S. The van der Waals surface area contributed by atoms with Gasteiger partial charge in [-0.3, -0.25) is 4.79 Å². The molecule has 0 fully saturated rings. The standard InChI is InChI=1S/C17H17ClN2O3S/c1-10(2)17(3,9-19)20-13(21)8-23-16(22)15-14(18)11-6-4-5-7-12(11)24-15/h4-7,10H,8H2,1-3H3,(H,20,21)/t17-/m1/s1. The predicted octanol–water partition coefficient (Wildman–Crippen LogP) is 3.77. The van der Waals surface area contributed by atoms with E-state index in [0.29, 0.717) is 5.02 Å². The maximum Gasteiger partial charge on any atom is 0.350 e. The molecule has 0 aliphatic carbocycles. The number of rotatable bonds is 5. The Bertz CT molecular complexity index is 825. The van der Waals surface area contributed by atoms with Crippen molar-refractivity contribution in [2.75, 3.05) is 6.61 Å². The Hall–Kier alpha value is -2.10. The first-order valence-electron chi connectivity index (χ1n) is 7.35. The fourth-order valence-electron chi connectivity index (χ4n) is 1.97. The summed E-state index contributed by atoms with van der Waals surface area (Å²) in [6.07, 6.45) is 0. The van der Waals surface area contributed by atoms with Gasteiger partial charge in [0.2, 0.25) is 0 Å². The maximum atomic E-state index is 12.2. The molecule has 0 saturated heterocycles. The summed E-state index contributed by atoms with van der Waals surface area (Å²) >= 11 is 7.42. The van der Waals surface area contributed by atoms with Gasteiger partial charge in [-0.2, -0.15) is 5.26 Å². The normalized spacial score (nSPS) is 13.3. The van der Waals surface area contributed by atoms with E-state index < -0.39 is 24.0 Å². The lowest BCUT2D eigenvalue weighted by Crippen LogP contribution is -2.50. The number of ether oxygens (including phenoxy) is 1. The third-order valence-corrected chi connectivity index (χ3v) is 5.50. The van der Waals surface area contributed by atoms with E-state index in [2.05, 4.69) is 11.4 Å². The molecule has 1 aromatic heterocycles. The molecule has 1 heterocycles. The van der Waals surface area contributed by atoms with Crippen LogP contribution in [-0.4, -0.2) is 24.0 Å². The van der Waals surface area contributed by atoms with E-state index >= 15 is 0 Å². The van der Waals surface area contributed by atoms with Gasteiger partial charge in [0.25, 0.3) is 5.91 Å². The van der Waals surface area contributed by atoms with Gasteiger partial charge in [-0.05, 0) is 18.9 Å². The molecule has 0 saturated carbocycles. The monoisotopic (exact) mass is 364 g/mol. The van der Waals surface area contributed by atoms with Crippen molar-refractivity contribution in [2.24, 2.45) is 5.92 Å². The highest BCUT2D eigenvalue weighted by atomic mass is 35.5. The lowest BCUT2D eigenvalue weighted by molar-refractivity contribution is -0.125. The molecule has 0 aliphatic heterocycles. The summed E-state index contributed by atoms with van der Waals surface area (Å²) in [4.78, 5) is 24.4. The lowest BCUT2D eigenvalue weighted by Gasteiger charge is -2.27. The number of halogens is 1. The van der Waals surface area contributed by atoms with Gasteiger partial charge in [0, 0.05) is 10.1 Å². The summed E-state index contributed by atoms with van der Waals surface area (Å²) in [6, 6.07) is 9.42. The van der Waals surface area contributed by atoms with Crippen LogP contribution >= 0.6 is 22.9 Å². The first kappa shape index (κ1) is 18.2. The molecule has 0 unspecified atom stereocenters. The van der Waals surface area contributed by atoms with Gasteiger partial charge in [-0.1, -0.05) is 43.6 Å². The summed E-state index contributed by atoms with van der Waals surface area (Å²) in [5.41, 5.74) is -1.02. The van der Waals surface area contributed by atoms with Crippen molar-refractivity contribution in [3.63, 3.8) is 0 Å². The Kier molecular flexibility index (Phi) is 5.47.